The highest BCUT2D eigenvalue weighted by Crippen LogP contribution is 2.33. The van der Waals surface area contributed by atoms with Gasteiger partial charge in [0, 0.05) is 17.8 Å². The Hall–Kier alpha value is -2.11. The summed E-state index contributed by atoms with van der Waals surface area (Å²) >= 11 is 0. The minimum Gasteiger partial charge on any atom is -0.381 e. The summed E-state index contributed by atoms with van der Waals surface area (Å²) in [7, 11) is 0. The van der Waals surface area contributed by atoms with Crippen molar-refractivity contribution < 1.29 is 22.0 Å². The van der Waals surface area contributed by atoms with E-state index >= 15 is 0 Å². The highest BCUT2D eigenvalue weighted by atomic mass is 19.4. The fourth-order valence-electron chi connectivity index (χ4n) is 1.96. The first-order chi connectivity index (χ1) is 9.79. The van der Waals surface area contributed by atoms with Crippen LogP contribution in [0, 0.1) is 18.6 Å². The van der Waals surface area contributed by atoms with Crippen molar-refractivity contribution in [3.63, 3.8) is 0 Å². The summed E-state index contributed by atoms with van der Waals surface area (Å²) < 4.78 is 64.9. The quantitative estimate of drug-likeness (QED) is 0.795. The molecule has 2 rings (SSSR count). The van der Waals surface area contributed by atoms with Crippen LogP contribution in [0.1, 0.15) is 16.7 Å². The molecule has 0 bridgehead atoms. The molecule has 0 aliphatic rings. The molecule has 112 valence electrons. The molecule has 0 saturated carbocycles. The van der Waals surface area contributed by atoms with Crippen molar-refractivity contribution in [3.8, 4) is 0 Å². The first kappa shape index (κ1) is 15.3. The van der Waals surface area contributed by atoms with Gasteiger partial charge < -0.3 is 5.32 Å². The highest BCUT2D eigenvalue weighted by Gasteiger charge is 2.33. The molecule has 0 spiro atoms. The van der Waals surface area contributed by atoms with Gasteiger partial charge in [-0.15, -0.1) is 0 Å². The Bertz CT molecular complexity index is 649. The van der Waals surface area contributed by atoms with Crippen LogP contribution in [0.25, 0.3) is 0 Å². The van der Waals surface area contributed by atoms with E-state index in [1.54, 1.807) is 6.07 Å². The lowest BCUT2D eigenvalue weighted by atomic mass is 10.1. The number of anilines is 1. The SMILES string of the molecule is Cc1c(F)cccc1NCc1ccc(F)cc1C(F)(F)F. The molecular formula is C15H12F5N. The van der Waals surface area contributed by atoms with E-state index in [2.05, 4.69) is 5.32 Å². The van der Waals surface area contributed by atoms with Gasteiger partial charge in [0.05, 0.1) is 5.56 Å². The molecule has 0 radical (unpaired) electrons. The average Bonchev–Trinajstić information content (AvgIpc) is 2.40. The Morgan fingerprint density at radius 1 is 1.05 bits per heavy atom. The van der Waals surface area contributed by atoms with E-state index in [0.717, 1.165) is 12.1 Å². The highest BCUT2D eigenvalue weighted by molar-refractivity contribution is 5.51. The minimum absolute atomic E-state index is 0.104. The van der Waals surface area contributed by atoms with E-state index in [1.165, 1.54) is 19.1 Å². The van der Waals surface area contributed by atoms with Crippen molar-refractivity contribution >= 4 is 5.69 Å². The normalized spacial score (nSPS) is 11.5. The lowest BCUT2D eigenvalue weighted by molar-refractivity contribution is -0.138. The van der Waals surface area contributed by atoms with Crippen molar-refractivity contribution in [2.75, 3.05) is 5.32 Å². The largest absolute Gasteiger partial charge is 0.416 e. The van der Waals surface area contributed by atoms with E-state index in [-0.39, 0.29) is 12.1 Å². The molecule has 2 aromatic carbocycles. The smallest absolute Gasteiger partial charge is 0.381 e. The molecule has 0 aromatic heterocycles. The molecule has 6 heteroatoms. The topological polar surface area (TPSA) is 12.0 Å². The van der Waals surface area contributed by atoms with Crippen molar-refractivity contribution in [1.29, 1.82) is 0 Å². The van der Waals surface area contributed by atoms with Gasteiger partial charge in [-0.3, -0.25) is 0 Å². The van der Waals surface area contributed by atoms with E-state index in [4.69, 9.17) is 0 Å². The Morgan fingerprint density at radius 3 is 2.43 bits per heavy atom. The Balaban J connectivity index is 2.26. The van der Waals surface area contributed by atoms with Crippen LogP contribution in [0.15, 0.2) is 36.4 Å². The third-order valence-electron chi connectivity index (χ3n) is 3.11. The van der Waals surface area contributed by atoms with Gasteiger partial charge in [0.25, 0.3) is 0 Å². The van der Waals surface area contributed by atoms with Crippen LogP contribution >= 0.6 is 0 Å². The van der Waals surface area contributed by atoms with Crippen molar-refractivity contribution in [2.45, 2.75) is 19.6 Å². The van der Waals surface area contributed by atoms with Crippen molar-refractivity contribution in [1.82, 2.24) is 0 Å². The number of alkyl halides is 3. The Labute approximate surface area is 118 Å². The fourth-order valence-corrected chi connectivity index (χ4v) is 1.96. The number of hydrogen-bond donors (Lipinski definition) is 1. The molecule has 2 aromatic rings. The zero-order valence-corrected chi connectivity index (χ0v) is 11.1. The van der Waals surface area contributed by atoms with Gasteiger partial charge in [-0.2, -0.15) is 13.2 Å². The summed E-state index contributed by atoms with van der Waals surface area (Å²) in [4.78, 5) is 0. The monoisotopic (exact) mass is 301 g/mol. The summed E-state index contributed by atoms with van der Waals surface area (Å²) in [5.74, 6) is -1.40. The number of nitrogens with one attached hydrogen (secondary N) is 1. The van der Waals surface area contributed by atoms with Crippen LogP contribution in [0.4, 0.5) is 27.6 Å². The van der Waals surface area contributed by atoms with Crippen LogP contribution in [-0.4, -0.2) is 0 Å². The Morgan fingerprint density at radius 2 is 1.76 bits per heavy atom. The molecule has 0 saturated heterocycles. The van der Waals surface area contributed by atoms with Gasteiger partial charge in [-0.05, 0) is 36.8 Å². The maximum atomic E-state index is 13.4. The number of halogens is 5. The average molecular weight is 301 g/mol. The summed E-state index contributed by atoms with van der Waals surface area (Å²) in [6.07, 6.45) is -4.64. The molecule has 0 amide bonds. The van der Waals surface area contributed by atoms with Crippen LogP contribution in [0.2, 0.25) is 0 Å². The molecule has 1 N–H and O–H groups in total. The van der Waals surface area contributed by atoms with E-state index in [1.807, 2.05) is 0 Å². The molecule has 0 aliphatic heterocycles. The Kier molecular flexibility index (Phi) is 4.16. The van der Waals surface area contributed by atoms with Crippen molar-refractivity contribution in [2.24, 2.45) is 0 Å². The van der Waals surface area contributed by atoms with Gasteiger partial charge in [0.15, 0.2) is 0 Å². The third-order valence-corrected chi connectivity index (χ3v) is 3.11. The lowest BCUT2D eigenvalue weighted by Gasteiger charge is -2.15. The van der Waals surface area contributed by atoms with Crippen molar-refractivity contribution in [3.05, 3.63) is 64.7 Å². The third kappa shape index (κ3) is 3.51. The van der Waals surface area contributed by atoms with Crippen LogP contribution in [0.3, 0.4) is 0 Å². The second kappa shape index (κ2) is 5.71. The van der Waals surface area contributed by atoms with E-state index in [0.29, 0.717) is 17.3 Å². The predicted octanol–water partition coefficient (Wildman–Crippen LogP) is 4.90. The van der Waals surface area contributed by atoms with Crippen LogP contribution in [-0.2, 0) is 12.7 Å². The fraction of sp³-hybridized carbons (Fsp3) is 0.200. The maximum Gasteiger partial charge on any atom is 0.416 e. The minimum atomic E-state index is -4.64. The second-order valence-electron chi connectivity index (χ2n) is 4.57. The number of rotatable bonds is 3. The molecule has 0 fully saturated rings. The number of benzene rings is 2. The molecule has 0 atom stereocenters. The van der Waals surface area contributed by atoms with E-state index < -0.39 is 23.4 Å². The summed E-state index contributed by atoms with van der Waals surface area (Å²) in [5.41, 5.74) is -0.433. The van der Waals surface area contributed by atoms with Gasteiger partial charge in [-0.1, -0.05) is 12.1 Å². The number of hydrogen-bond acceptors (Lipinski definition) is 1. The van der Waals surface area contributed by atoms with Gasteiger partial charge >= 0.3 is 6.18 Å². The zero-order valence-electron chi connectivity index (χ0n) is 11.1. The van der Waals surface area contributed by atoms with Gasteiger partial charge in [-0.25, -0.2) is 8.78 Å². The van der Waals surface area contributed by atoms with Crippen LogP contribution in [0.5, 0.6) is 0 Å². The molecule has 1 nitrogen and oxygen atoms in total. The molecular weight excluding hydrogens is 289 g/mol. The van der Waals surface area contributed by atoms with Crippen LogP contribution < -0.4 is 5.32 Å². The van der Waals surface area contributed by atoms with E-state index in [9.17, 15) is 22.0 Å². The lowest BCUT2D eigenvalue weighted by Crippen LogP contribution is -2.12. The zero-order chi connectivity index (χ0) is 15.6. The summed E-state index contributed by atoms with van der Waals surface area (Å²) in [5, 5.41) is 2.74. The molecule has 0 aliphatic carbocycles. The first-order valence-corrected chi connectivity index (χ1v) is 6.13. The summed E-state index contributed by atoms with van der Waals surface area (Å²) in [6.45, 7) is 1.34. The summed E-state index contributed by atoms with van der Waals surface area (Å²) in [6, 6.07) is 6.77. The maximum absolute atomic E-state index is 13.4. The molecule has 0 heterocycles. The second-order valence-corrected chi connectivity index (χ2v) is 4.57. The van der Waals surface area contributed by atoms with Gasteiger partial charge in [0.1, 0.15) is 11.6 Å². The molecule has 0 unspecified atom stereocenters. The van der Waals surface area contributed by atoms with Gasteiger partial charge in [0.2, 0.25) is 0 Å². The molecule has 21 heavy (non-hydrogen) atoms. The predicted molar refractivity (Wildman–Crippen MR) is 69.9 cm³/mol. The standard InChI is InChI=1S/C15H12F5N/c1-9-13(17)3-2-4-14(9)21-8-10-5-6-11(16)7-12(10)15(18,19)20/h2-7,21H,8H2,1H3. The first-order valence-electron chi connectivity index (χ1n) is 6.13.